The first-order valence-electron chi connectivity index (χ1n) is 5.81. The van der Waals surface area contributed by atoms with Crippen LogP contribution in [0.2, 0.25) is 0 Å². The second-order valence-corrected chi connectivity index (χ2v) is 5.67. The summed E-state index contributed by atoms with van der Waals surface area (Å²) < 4.78 is 5.29. The first-order chi connectivity index (χ1) is 9.10. The van der Waals surface area contributed by atoms with Crippen LogP contribution >= 0.6 is 11.3 Å². The van der Waals surface area contributed by atoms with Crippen LogP contribution in [0.5, 0.6) is 0 Å². The lowest BCUT2D eigenvalue weighted by atomic mass is 9.92. The number of fused-ring (bicyclic) bond motifs is 1. The molecule has 0 saturated heterocycles. The summed E-state index contributed by atoms with van der Waals surface area (Å²) in [4.78, 5) is 8.63. The number of rotatable bonds is 2. The van der Waals surface area contributed by atoms with Gasteiger partial charge in [0.2, 0.25) is 0 Å². The Bertz CT molecular complexity index is 779. The molecular weight excluding hydrogens is 258 g/mol. The number of benzene rings is 1. The van der Waals surface area contributed by atoms with Crippen molar-refractivity contribution in [3.8, 4) is 16.6 Å². The summed E-state index contributed by atoms with van der Waals surface area (Å²) in [5.41, 5.74) is 2.79. The average molecular weight is 269 g/mol. The molecule has 0 radical (unpaired) electrons. The fourth-order valence-electron chi connectivity index (χ4n) is 1.74. The maximum absolute atomic E-state index is 9.13. The largest absolute Gasteiger partial charge is 0.443 e. The highest BCUT2D eigenvalue weighted by molar-refractivity contribution is 7.13. The predicted octanol–water partition coefficient (Wildman–Crippen LogP) is 3.75. The molecule has 0 amide bonds. The fourth-order valence-corrected chi connectivity index (χ4v) is 2.72. The molecule has 0 bridgehead atoms. The van der Waals surface area contributed by atoms with Crippen LogP contribution in [-0.4, -0.2) is 9.97 Å². The Labute approximate surface area is 114 Å². The third kappa shape index (κ3) is 2.00. The van der Waals surface area contributed by atoms with Crippen molar-refractivity contribution in [2.45, 2.75) is 19.3 Å². The average Bonchev–Trinajstić information content (AvgIpc) is 3.06. The van der Waals surface area contributed by atoms with E-state index in [1.807, 2.05) is 37.4 Å². The van der Waals surface area contributed by atoms with Crippen molar-refractivity contribution >= 4 is 22.4 Å². The van der Waals surface area contributed by atoms with Gasteiger partial charge in [-0.25, -0.2) is 9.97 Å². The first kappa shape index (κ1) is 11.9. The van der Waals surface area contributed by atoms with Gasteiger partial charge >= 0.3 is 0 Å². The quantitative estimate of drug-likeness (QED) is 0.710. The molecule has 0 fully saturated rings. The summed E-state index contributed by atoms with van der Waals surface area (Å²) in [7, 11) is 0. The van der Waals surface area contributed by atoms with E-state index in [2.05, 4.69) is 16.0 Å². The third-order valence-corrected chi connectivity index (χ3v) is 3.89. The first-order valence-corrected chi connectivity index (χ1v) is 6.69. The molecular formula is C14H11N3OS. The smallest absolute Gasteiger partial charge is 0.181 e. The Balaban J connectivity index is 2.05. The van der Waals surface area contributed by atoms with Crippen LogP contribution in [0.25, 0.3) is 21.7 Å². The Morgan fingerprint density at radius 1 is 1.37 bits per heavy atom. The second kappa shape index (κ2) is 4.18. The van der Waals surface area contributed by atoms with Crippen LogP contribution in [-0.2, 0) is 5.41 Å². The van der Waals surface area contributed by atoms with Gasteiger partial charge in [0, 0.05) is 10.9 Å². The van der Waals surface area contributed by atoms with Gasteiger partial charge < -0.3 is 4.42 Å². The van der Waals surface area contributed by atoms with Crippen molar-refractivity contribution in [3.05, 3.63) is 35.7 Å². The van der Waals surface area contributed by atoms with Gasteiger partial charge in [-0.3, -0.25) is 0 Å². The SMILES string of the molecule is CC(C)(C#N)c1csc(-c2ccc3ncoc3c2)n1. The van der Waals surface area contributed by atoms with Gasteiger partial charge in [-0.05, 0) is 32.0 Å². The van der Waals surface area contributed by atoms with Crippen molar-refractivity contribution in [3.63, 3.8) is 0 Å². The lowest BCUT2D eigenvalue weighted by Gasteiger charge is -2.10. The molecule has 3 aromatic rings. The standard InChI is InChI=1S/C14H11N3OS/c1-14(2,7-15)12-6-19-13(17-12)9-3-4-10-11(5-9)18-8-16-10/h3-6,8H,1-2H3. The highest BCUT2D eigenvalue weighted by Gasteiger charge is 2.23. The second-order valence-electron chi connectivity index (χ2n) is 4.81. The molecule has 3 rings (SSSR count). The van der Waals surface area contributed by atoms with Crippen LogP contribution in [0.15, 0.2) is 34.4 Å². The molecule has 5 heteroatoms. The van der Waals surface area contributed by atoms with Gasteiger partial charge in [0.05, 0.1) is 17.2 Å². The molecule has 0 spiro atoms. The van der Waals surface area contributed by atoms with Crippen LogP contribution in [0.4, 0.5) is 0 Å². The molecule has 1 aromatic carbocycles. The lowest BCUT2D eigenvalue weighted by Crippen LogP contribution is -2.14. The van der Waals surface area contributed by atoms with E-state index in [1.54, 1.807) is 0 Å². The van der Waals surface area contributed by atoms with E-state index in [0.29, 0.717) is 0 Å². The summed E-state index contributed by atoms with van der Waals surface area (Å²) in [5.74, 6) is 0. The molecule has 2 aromatic heterocycles. The van der Waals surface area contributed by atoms with Crippen molar-refractivity contribution in [2.24, 2.45) is 0 Å². The highest BCUT2D eigenvalue weighted by atomic mass is 32.1. The molecule has 0 aliphatic carbocycles. The van der Waals surface area contributed by atoms with E-state index in [-0.39, 0.29) is 0 Å². The van der Waals surface area contributed by atoms with Crippen molar-refractivity contribution in [2.75, 3.05) is 0 Å². The number of thiazole rings is 1. The van der Waals surface area contributed by atoms with Crippen molar-refractivity contribution in [1.82, 2.24) is 9.97 Å². The summed E-state index contributed by atoms with van der Waals surface area (Å²) >= 11 is 1.53. The summed E-state index contributed by atoms with van der Waals surface area (Å²) in [6.45, 7) is 3.73. The van der Waals surface area contributed by atoms with E-state index in [1.165, 1.54) is 17.7 Å². The molecule has 0 aliphatic heterocycles. The maximum atomic E-state index is 9.13. The van der Waals surface area contributed by atoms with E-state index in [4.69, 9.17) is 9.68 Å². The zero-order valence-electron chi connectivity index (χ0n) is 10.5. The topological polar surface area (TPSA) is 62.7 Å². The Kier molecular flexibility index (Phi) is 2.61. The van der Waals surface area contributed by atoms with Gasteiger partial charge in [0.1, 0.15) is 10.5 Å². The van der Waals surface area contributed by atoms with Crippen LogP contribution in [0.3, 0.4) is 0 Å². The number of oxazole rings is 1. The van der Waals surface area contributed by atoms with Crippen molar-refractivity contribution in [1.29, 1.82) is 5.26 Å². The molecule has 0 saturated carbocycles. The molecule has 0 N–H and O–H groups in total. The van der Waals surface area contributed by atoms with Gasteiger partial charge in [0.25, 0.3) is 0 Å². The molecule has 0 aliphatic rings. The summed E-state index contributed by atoms with van der Waals surface area (Å²) in [5, 5.41) is 12.0. The maximum Gasteiger partial charge on any atom is 0.181 e. The fraction of sp³-hybridized carbons (Fsp3) is 0.214. The molecule has 4 nitrogen and oxygen atoms in total. The molecule has 2 heterocycles. The van der Waals surface area contributed by atoms with Gasteiger partial charge in [0.15, 0.2) is 12.0 Å². The Hall–Kier alpha value is -2.19. The normalized spacial score (nSPS) is 11.6. The highest BCUT2D eigenvalue weighted by Crippen LogP contribution is 2.31. The molecule has 94 valence electrons. The lowest BCUT2D eigenvalue weighted by molar-refractivity contribution is 0.602. The number of aromatic nitrogens is 2. The monoisotopic (exact) mass is 269 g/mol. The van der Waals surface area contributed by atoms with E-state index in [0.717, 1.165) is 27.4 Å². The zero-order valence-corrected chi connectivity index (χ0v) is 11.4. The minimum atomic E-state index is -0.564. The van der Waals surface area contributed by atoms with E-state index in [9.17, 15) is 0 Å². The minimum Gasteiger partial charge on any atom is -0.443 e. The van der Waals surface area contributed by atoms with E-state index < -0.39 is 5.41 Å². The van der Waals surface area contributed by atoms with Crippen LogP contribution in [0.1, 0.15) is 19.5 Å². The summed E-state index contributed by atoms with van der Waals surface area (Å²) in [6, 6.07) is 8.06. The zero-order chi connectivity index (χ0) is 13.5. The van der Waals surface area contributed by atoms with Gasteiger partial charge in [-0.15, -0.1) is 11.3 Å². The number of nitrogens with zero attached hydrogens (tertiary/aromatic N) is 3. The minimum absolute atomic E-state index is 0.564. The number of hydrogen-bond donors (Lipinski definition) is 0. The molecule has 0 atom stereocenters. The number of nitriles is 1. The number of hydrogen-bond acceptors (Lipinski definition) is 5. The van der Waals surface area contributed by atoms with E-state index >= 15 is 0 Å². The van der Waals surface area contributed by atoms with Crippen LogP contribution < -0.4 is 0 Å². The molecule has 0 unspecified atom stereocenters. The van der Waals surface area contributed by atoms with Crippen molar-refractivity contribution < 1.29 is 4.42 Å². The summed E-state index contributed by atoms with van der Waals surface area (Å²) in [6.07, 6.45) is 1.43. The predicted molar refractivity (Wildman–Crippen MR) is 73.8 cm³/mol. The van der Waals surface area contributed by atoms with Gasteiger partial charge in [-0.2, -0.15) is 5.26 Å². The Morgan fingerprint density at radius 3 is 3.00 bits per heavy atom. The molecule has 19 heavy (non-hydrogen) atoms. The van der Waals surface area contributed by atoms with Crippen LogP contribution in [0, 0.1) is 11.3 Å². The van der Waals surface area contributed by atoms with Gasteiger partial charge in [-0.1, -0.05) is 0 Å². The Morgan fingerprint density at radius 2 is 2.21 bits per heavy atom. The third-order valence-electron chi connectivity index (χ3n) is 3.00.